The SMILES string of the molecule is Fc1ccc2c(C3CCN(CCCCCn4ccc5ccccc54)CC3)noc2c1. The highest BCUT2D eigenvalue weighted by molar-refractivity contribution is 5.80. The molecule has 4 aromatic rings. The van der Waals surface area contributed by atoms with Crippen LogP contribution in [-0.4, -0.2) is 34.3 Å². The molecule has 5 heteroatoms. The van der Waals surface area contributed by atoms with Crippen LogP contribution < -0.4 is 0 Å². The van der Waals surface area contributed by atoms with Crippen molar-refractivity contribution >= 4 is 21.9 Å². The molecule has 3 heterocycles. The van der Waals surface area contributed by atoms with E-state index in [0.717, 1.165) is 43.6 Å². The standard InChI is InChI=1S/C25H28FN3O/c26-21-8-9-22-24(18-21)30-27-25(22)20-10-15-28(16-11-20)13-4-1-5-14-29-17-12-19-6-2-3-7-23(19)29/h2-3,6-9,12,17-18,20H,1,4-5,10-11,13-16H2. The van der Waals surface area contributed by atoms with E-state index in [0.29, 0.717) is 11.5 Å². The fraction of sp³-hybridized carbons (Fsp3) is 0.400. The summed E-state index contributed by atoms with van der Waals surface area (Å²) in [6.45, 7) is 4.46. The molecule has 4 nitrogen and oxygen atoms in total. The second-order valence-electron chi connectivity index (χ2n) is 8.45. The first-order valence-corrected chi connectivity index (χ1v) is 11.1. The van der Waals surface area contributed by atoms with E-state index >= 15 is 0 Å². The average molecular weight is 406 g/mol. The topological polar surface area (TPSA) is 34.2 Å². The molecule has 0 unspecified atom stereocenters. The summed E-state index contributed by atoms with van der Waals surface area (Å²) in [6.07, 6.45) is 8.11. The molecule has 0 N–H and O–H groups in total. The van der Waals surface area contributed by atoms with Crippen molar-refractivity contribution in [2.75, 3.05) is 19.6 Å². The van der Waals surface area contributed by atoms with Crippen LogP contribution in [-0.2, 0) is 6.54 Å². The number of unbranched alkanes of at least 4 members (excludes halogenated alkanes) is 2. The molecular formula is C25H28FN3O. The van der Waals surface area contributed by atoms with E-state index in [1.807, 2.05) is 0 Å². The minimum atomic E-state index is -0.273. The average Bonchev–Trinajstić information content (AvgIpc) is 3.38. The lowest BCUT2D eigenvalue weighted by molar-refractivity contribution is 0.205. The normalized spacial score (nSPS) is 16.0. The number of piperidine rings is 1. The summed E-state index contributed by atoms with van der Waals surface area (Å²) in [4.78, 5) is 2.57. The van der Waals surface area contributed by atoms with E-state index in [4.69, 9.17) is 4.52 Å². The molecule has 0 atom stereocenters. The molecule has 0 saturated carbocycles. The van der Waals surface area contributed by atoms with Crippen molar-refractivity contribution in [1.29, 1.82) is 0 Å². The van der Waals surface area contributed by atoms with Crippen LogP contribution in [0.3, 0.4) is 0 Å². The van der Waals surface area contributed by atoms with Gasteiger partial charge in [0, 0.05) is 35.6 Å². The quantitative estimate of drug-likeness (QED) is 0.355. The summed E-state index contributed by atoms with van der Waals surface area (Å²) < 4.78 is 21.1. The Morgan fingerprint density at radius 3 is 2.70 bits per heavy atom. The Hall–Kier alpha value is -2.66. The van der Waals surface area contributed by atoms with Gasteiger partial charge in [0.15, 0.2) is 5.58 Å². The van der Waals surface area contributed by atoms with Gasteiger partial charge in [-0.2, -0.15) is 0 Å². The van der Waals surface area contributed by atoms with Crippen molar-refractivity contribution in [3.8, 4) is 0 Å². The maximum Gasteiger partial charge on any atom is 0.170 e. The van der Waals surface area contributed by atoms with Crippen molar-refractivity contribution in [3.63, 3.8) is 0 Å². The van der Waals surface area contributed by atoms with Gasteiger partial charge in [0.05, 0.1) is 5.69 Å². The zero-order chi connectivity index (χ0) is 20.3. The molecular weight excluding hydrogens is 377 g/mol. The molecule has 0 spiro atoms. The zero-order valence-corrected chi connectivity index (χ0v) is 17.3. The number of nitrogens with zero attached hydrogens (tertiary/aromatic N) is 3. The van der Waals surface area contributed by atoms with Gasteiger partial charge in [0.2, 0.25) is 0 Å². The van der Waals surface area contributed by atoms with Crippen LogP contribution in [0.25, 0.3) is 21.9 Å². The molecule has 0 amide bonds. The van der Waals surface area contributed by atoms with Gasteiger partial charge >= 0.3 is 0 Å². The number of hydrogen-bond acceptors (Lipinski definition) is 3. The van der Waals surface area contributed by atoms with Gasteiger partial charge in [0.25, 0.3) is 0 Å². The number of hydrogen-bond donors (Lipinski definition) is 0. The van der Waals surface area contributed by atoms with Gasteiger partial charge in [-0.15, -0.1) is 0 Å². The van der Waals surface area contributed by atoms with Crippen molar-refractivity contribution < 1.29 is 8.91 Å². The first-order chi connectivity index (χ1) is 14.8. The first-order valence-electron chi connectivity index (χ1n) is 11.1. The molecule has 1 saturated heterocycles. The Kier molecular flexibility index (Phi) is 5.54. The van der Waals surface area contributed by atoms with Crippen LogP contribution >= 0.6 is 0 Å². The summed E-state index contributed by atoms with van der Waals surface area (Å²) in [6, 6.07) is 15.5. The fourth-order valence-corrected chi connectivity index (χ4v) is 4.79. The minimum absolute atomic E-state index is 0.273. The number of rotatable bonds is 7. The van der Waals surface area contributed by atoms with Gasteiger partial charge in [-0.3, -0.25) is 0 Å². The summed E-state index contributed by atoms with van der Waals surface area (Å²) in [5.74, 6) is 0.139. The molecule has 2 aromatic carbocycles. The Bertz CT molecular complexity index is 1120. The summed E-state index contributed by atoms with van der Waals surface area (Å²) in [7, 11) is 0. The fourth-order valence-electron chi connectivity index (χ4n) is 4.79. The Morgan fingerprint density at radius 1 is 0.967 bits per heavy atom. The maximum atomic E-state index is 13.4. The Balaban J connectivity index is 1.06. The van der Waals surface area contributed by atoms with E-state index in [1.165, 1.54) is 48.8 Å². The molecule has 0 aliphatic carbocycles. The summed E-state index contributed by atoms with van der Waals surface area (Å²) in [5, 5.41) is 6.54. The largest absolute Gasteiger partial charge is 0.356 e. The third kappa shape index (κ3) is 3.99. The molecule has 2 aromatic heterocycles. The summed E-state index contributed by atoms with van der Waals surface area (Å²) >= 11 is 0. The number of benzene rings is 2. The van der Waals surface area contributed by atoms with Crippen molar-refractivity contribution in [2.24, 2.45) is 0 Å². The lowest BCUT2D eigenvalue weighted by Gasteiger charge is -2.31. The number of aromatic nitrogens is 2. The van der Waals surface area contributed by atoms with E-state index in [2.05, 4.69) is 51.2 Å². The molecule has 0 bridgehead atoms. The number of halogens is 1. The molecule has 156 valence electrons. The third-order valence-electron chi connectivity index (χ3n) is 6.49. The molecule has 5 rings (SSSR count). The number of likely N-dealkylation sites (tertiary alicyclic amines) is 1. The first kappa shape index (κ1) is 19.3. The molecule has 1 aliphatic heterocycles. The predicted octanol–water partition coefficient (Wildman–Crippen LogP) is 5.97. The van der Waals surface area contributed by atoms with Crippen molar-refractivity contribution in [3.05, 3.63) is 66.2 Å². The molecule has 1 fully saturated rings. The smallest absolute Gasteiger partial charge is 0.170 e. The zero-order valence-electron chi connectivity index (χ0n) is 17.3. The van der Waals surface area contributed by atoms with Crippen LogP contribution in [0.4, 0.5) is 4.39 Å². The lowest BCUT2D eigenvalue weighted by Crippen LogP contribution is -2.33. The van der Waals surface area contributed by atoms with Gasteiger partial charge in [-0.05, 0) is 75.0 Å². The lowest BCUT2D eigenvalue weighted by atomic mass is 9.91. The van der Waals surface area contributed by atoms with Gasteiger partial charge < -0.3 is 14.0 Å². The monoisotopic (exact) mass is 405 g/mol. The van der Waals surface area contributed by atoms with Crippen LogP contribution in [0.2, 0.25) is 0 Å². The highest BCUT2D eigenvalue weighted by atomic mass is 19.1. The molecule has 0 radical (unpaired) electrons. The van der Waals surface area contributed by atoms with Crippen molar-refractivity contribution in [2.45, 2.75) is 44.6 Å². The second kappa shape index (κ2) is 8.60. The Morgan fingerprint density at radius 2 is 1.80 bits per heavy atom. The van der Waals surface area contributed by atoms with E-state index < -0.39 is 0 Å². The predicted molar refractivity (Wildman–Crippen MR) is 118 cm³/mol. The Labute approximate surface area is 176 Å². The molecule has 1 aliphatic rings. The van der Waals surface area contributed by atoms with Crippen LogP contribution in [0.1, 0.15) is 43.7 Å². The van der Waals surface area contributed by atoms with E-state index in [-0.39, 0.29) is 5.82 Å². The van der Waals surface area contributed by atoms with Crippen LogP contribution in [0.5, 0.6) is 0 Å². The van der Waals surface area contributed by atoms with Gasteiger partial charge in [0.1, 0.15) is 5.82 Å². The highest BCUT2D eigenvalue weighted by Crippen LogP contribution is 2.32. The highest BCUT2D eigenvalue weighted by Gasteiger charge is 2.24. The van der Waals surface area contributed by atoms with Gasteiger partial charge in [-0.25, -0.2) is 4.39 Å². The van der Waals surface area contributed by atoms with Gasteiger partial charge in [-0.1, -0.05) is 29.8 Å². The second-order valence-corrected chi connectivity index (χ2v) is 8.45. The number of fused-ring (bicyclic) bond motifs is 2. The van der Waals surface area contributed by atoms with E-state index in [1.54, 1.807) is 6.07 Å². The van der Waals surface area contributed by atoms with Crippen LogP contribution in [0.15, 0.2) is 59.3 Å². The summed E-state index contributed by atoms with van der Waals surface area (Å²) in [5.41, 5.74) is 2.90. The van der Waals surface area contributed by atoms with Crippen LogP contribution in [0, 0.1) is 5.82 Å². The molecule has 30 heavy (non-hydrogen) atoms. The van der Waals surface area contributed by atoms with Crippen molar-refractivity contribution in [1.82, 2.24) is 14.6 Å². The van der Waals surface area contributed by atoms with E-state index in [9.17, 15) is 4.39 Å². The number of aryl methyl sites for hydroxylation is 1. The third-order valence-corrected chi connectivity index (χ3v) is 6.49. The number of para-hydroxylation sites is 1. The maximum absolute atomic E-state index is 13.4. The minimum Gasteiger partial charge on any atom is -0.356 e.